The number of amides is 1. The quantitative estimate of drug-likeness (QED) is 0.623. The highest BCUT2D eigenvalue weighted by molar-refractivity contribution is 6.42. The van der Waals surface area contributed by atoms with Crippen LogP contribution in [0.5, 0.6) is 5.75 Å². The van der Waals surface area contributed by atoms with Crippen molar-refractivity contribution < 1.29 is 9.53 Å². The number of carbonyl (C=O) groups excluding carboxylic acids is 1. The van der Waals surface area contributed by atoms with Crippen molar-refractivity contribution in [2.45, 2.75) is 37.8 Å². The molecule has 1 amide bonds. The van der Waals surface area contributed by atoms with Crippen molar-refractivity contribution in [2.75, 3.05) is 27.7 Å². The molecule has 1 aliphatic heterocycles. The van der Waals surface area contributed by atoms with Crippen LogP contribution in [0.2, 0.25) is 10.0 Å². The highest BCUT2D eigenvalue weighted by Gasteiger charge is 2.34. The standard InChI is InChI=1S/C23H28Cl2N2O2/c1-26-12-5-4-9-21(26)23(17-7-6-8-18(15-17)29-3)27(2)22(28)14-16-10-11-19(24)20(25)13-16/h6-8,10-11,13,15,21,23H,4-5,9,12,14H2,1-3H3. The first-order chi connectivity index (χ1) is 13.9. The van der Waals surface area contributed by atoms with Gasteiger partial charge in [-0.15, -0.1) is 0 Å². The van der Waals surface area contributed by atoms with Gasteiger partial charge >= 0.3 is 0 Å². The molecule has 4 nitrogen and oxygen atoms in total. The summed E-state index contributed by atoms with van der Waals surface area (Å²) >= 11 is 12.1. The normalized spacial score (nSPS) is 18.3. The number of piperidine rings is 1. The number of carbonyl (C=O) groups is 1. The third-order valence-corrected chi connectivity index (χ3v) is 6.52. The summed E-state index contributed by atoms with van der Waals surface area (Å²) < 4.78 is 5.44. The first-order valence-corrected chi connectivity index (χ1v) is 10.7. The molecule has 2 atom stereocenters. The largest absolute Gasteiger partial charge is 0.497 e. The fourth-order valence-electron chi connectivity index (χ4n) is 4.13. The zero-order valence-corrected chi connectivity index (χ0v) is 18.7. The van der Waals surface area contributed by atoms with Crippen molar-refractivity contribution in [3.05, 3.63) is 63.6 Å². The fourth-order valence-corrected chi connectivity index (χ4v) is 4.45. The molecule has 0 radical (unpaired) electrons. The van der Waals surface area contributed by atoms with Gasteiger partial charge in [0, 0.05) is 13.1 Å². The summed E-state index contributed by atoms with van der Waals surface area (Å²) in [5.41, 5.74) is 1.95. The Balaban J connectivity index is 1.89. The van der Waals surface area contributed by atoms with Gasteiger partial charge in [-0.1, -0.05) is 47.8 Å². The van der Waals surface area contributed by atoms with Crippen LogP contribution in [0.15, 0.2) is 42.5 Å². The van der Waals surface area contributed by atoms with Gasteiger partial charge in [-0.05, 0) is 61.8 Å². The molecule has 2 aromatic carbocycles. The van der Waals surface area contributed by atoms with Crippen molar-refractivity contribution in [2.24, 2.45) is 0 Å². The van der Waals surface area contributed by atoms with E-state index >= 15 is 0 Å². The SMILES string of the molecule is COc1cccc(C(C2CCCCN2C)N(C)C(=O)Cc2ccc(Cl)c(Cl)c2)c1. The van der Waals surface area contributed by atoms with Crippen LogP contribution in [-0.4, -0.2) is 49.5 Å². The van der Waals surface area contributed by atoms with Gasteiger partial charge in [-0.25, -0.2) is 0 Å². The Labute approximate surface area is 183 Å². The number of hydrogen-bond acceptors (Lipinski definition) is 3. The zero-order valence-electron chi connectivity index (χ0n) is 17.2. The molecule has 0 bridgehead atoms. The van der Waals surface area contributed by atoms with E-state index in [1.807, 2.05) is 36.2 Å². The Bertz CT molecular complexity index is 859. The minimum absolute atomic E-state index is 0.0503. The second kappa shape index (κ2) is 9.84. The average Bonchev–Trinajstić information content (AvgIpc) is 2.72. The van der Waals surface area contributed by atoms with Crippen molar-refractivity contribution in [1.82, 2.24) is 9.80 Å². The predicted octanol–water partition coefficient (Wildman–Crippen LogP) is 5.23. The first kappa shape index (κ1) is 21.9. The summed E-state index contributed by atoms with van der Waals surface area (Å²) in [4.78, 5) is 17.5. The van der Waals surface area contributed by atoms with E-state index in [9.17, 15) is 4.79 Å². The van der Waals surface area contributed by atoms with E-state index in [2.05, 4.69) is 18.0 Å². The molecule has 1 heterocycles. The lowest BCUT2D eigenvalue weighted by Gasteiger charge is -2.42. The lowest BCUT2D eigenvalue weighted by Crippen LogP contribution is -2.48. The van der Waals surface area contributed by atoms with Crippen LogP contribution in [0.1, 0.15) is 36.4 Å². The summed E-state index contributed by atoms with van der Waals surface area (Å²) in [5.74, 6) is 0.853. The van der Waals surface area contributed by atoms with Crippen molar-refractivity contribution in [3.63, 3.8) is 0 Å². The summed E-state index contributed by atoms with van der Waals surface area (Å²) in [6, 6.07) is 13.6. The van der Waals surface area contributed by atoms with Gasteiger partial charge in [0.1, 0.15) is 5.75 Å². The number of halogens is 2. The first-order valence-electron chi connectivity index (χ1n) is 9.94. The molecule has 29 heavy (non-hydrogen) atoms. The fraction of sp³-hybridized carbons (Fsp3) is 0.435. The highest BCUT2D eigenvalue weighted by atomic mass is 35.5. The van der Waals surface area contributed by atoms with Crippen molar-refractivity contribution in [1.29, 1.82) is 0 Å². The number of likely N-dealkylation sites (N-methyl/N-ethyl adjacent to an activating group) is 2. The van der Waals surface area contributed by atoms with Crippen LogP contribution in [0.25, 0.3) is 0 Å². The maximum absolute atomic E-state index is 13.2. The van der Waals surface area contributed by atoms with Gasteiger partial charge in [0.25, 0.3) is 0 Å². The van der Waals surface area contributed by atoms with Gasteiger partial charge in [-0.3, -0.25) is 4.79 Å². The number of rotatable bonds is 6. The van der Waals surface area contributed by atoms with E-state index in [4.69, 9.17) is 27.9 Å². The van der Waals surface area contributed by atoms with Crippen LogP contribution in [-0.2, 0) is 11.2 Å². The molecule has 3 rings (SSSR count). The van der Waals surface area contributed by atoms with E-state index in [0.717, 1.165) is 29.8 Å². The lowest BCUT2D eigenvalue weighted by molar-refractivity contribution is -0.133. The Kier molecular flexibility index (Phi) is 7.44. The zero-order chi connectivity index (χ0) is 21.0. The van der Waals surface area contributed by atoms with Crippen LogP contribution in [0.3, 0.4) is 0 Å². The van der Waals surface area contributed by atoms with Crippen LogP contribution >= 0.6 is 23.2 Å². The lowest BCUT2D eigenvalue weighted by atomic mass is 9.89. The molecule has 6 heteroatoms. The van der Waals surface area contributed by atoms with E-state index in [-0.39, 0.29) is 24.4 Å². The maximum Gasteiger partial charge on any atom is 0.227 e. The van der Waals surface area contributed by atoms with Crippen molar-refractivity contribution >= 4 is 29.1 Å². The Morgan fingerprint density at radius 3 is 2.69 bits per heavy atom. The summed E-state index contributed by atoms with van der Waals surface area (Å²) in [6.45, 7) is 1.04. The Morgan fingerprint density at radius 1 is 1.21 bits per heavy atom. The number of benzene rings is 2. The number of ether oxygens (including phenoxy) is 1. The van der Waals surface area contributed by atoms with Gasteiger partial charge in [0.05, 0.1) is 29.6 Å². The Morgan fingerprint density at radius 2 is 2.00 bits per heavy atom. The molecule has 0 N–H and O–H groups in total. The summed E-state index contributed by atoms with van der Waals surface area (Å²) in [7, 11) is 5.71. The second-order valence-corrected chi connectivity index (χ2v) is 8.51. The van der Waals surface area contributed by atoms with E-state index < -0.39 is 0 Å². The minimum atomic E-state index is -0.0503. The smallest absolute Gasteiger partial charge is 0.227 e. The second-order valence-electron chi connectivity index (χ2n) is 7.70. The molecule has 1 fully saturated rings. The van der Waals surface area contributed by atoms with Crippen LogP contribution in [0.4, 0.5) is 0 Å². The van der Waals surface area contributed by atoms with Crippen molar-refractivity contribution in [3.8, 4) is 5.75 Å². The molecule has 0 spiro atoms. The third-order valence-electron chi connectivity index (χ3n) is 5.78. The molecule has 156 valence electrons. The molecular weight excluding hydrogens is 407 g/mol. The predicted molar refractivity (Wildman–Crippen MR) is 119 cm³/mol. The topological polar surface area (TPSA) is 32.8 Å². The molecular formula is C23H28Cl2N2O2. The van der Waals surface area contributed by atoms with Gasteiger partial charge in [-0.2, -0.15) is 0 Å². The summed E-state index contributed by atoms with van der Waals surface area (Å²) in [6.07, 6.45) is 3.70. The number of nitrogens with zero attached hydrogens (tertiary/aromatic N) is 2. The molecule has 0 saturated carbocycles. The number of likely N-dealkylation sites (tertiary alicyclic amines) is 1. The van der Waals surface area contributed by atoms with Gasteiger partial charge in [0.2, 0.25) is 5.91 Å². The molecule has 1 aliphatic rings. The van der Waals surface area contributed by atoms with E-state index in [1.165, 1.54) is 12.8 Å². The summed E-state index contributed by atoms with van der Waals surface area (Å²) in [5, 5.41) is 0.963. The number of hydrogen-bond donors (Lipinski definition) is 0. The maximum atomic E-state index is 13.2. The van der Waals surface area contributed by atoms with E-state index in [1.54, 1.807) is 19.2 Å². The Hall–Kier alpha value is -1.75. The molecule has 1 saturated heterocycles. The van der Waals surface area contributed by atoms with Crippen LogP contribution < -0.4 is 4.74 Å². The molecule has 2 unspecified atom stereocenters. The van der Waals surface area contributed by atoms with Gasteiger partial charge < -0.3 is 14.5 Å². The van der Waals surface area contributed by atoms with Gasteiger partial charge in [0.15, 0.2) is 0 Å². The van der Waals surface area contributed by atoms with Crippen LogP contribution in [0, 0.1) is 0 Å². The third kappa shape index (κ3) is 5.25. The molecule has 0 aliphatic carbocycles. The number of methoxy groups -OCH3 is 1. The monoisotopic (exact) mass is 434 g/mol. The minimum Gasteiger partial charge on any atom is -0.497 e. The molecule has 0 aromatic heterocycles. The highest BCUT2D eigenvalue weighted by Crippen LogP contribution is 2.34. The molecule has 2 aromatic rings. The average molecular weight is 435 g/mol. The van der Waals surface area contributed by atoms with E-state index in [0.29, 0.717) is 10.0 Å².